The van der Waals surface area contributed by atoms with Crippen LogP contribution < -0.4 is 4.90 Å². The highest BCUT2D eigenvalue weighted by molar-refractivity contribution is 5.49. The third-order valence-electron chi connectivity index (χ3n) is 3.00. The molecule has 2 heterocycles. The molecule has 1 aliphatic rings. The normalized spacial score (nSPS) is 17.5. The second kappa shape index (κ2) is 4.31. The summed E-state index contributed by atoms with van der Waals surface area (Å²) in [5, 5.41) is 8.79. The Balaban J connectivity index is 2.12. The third kappa shape index (κ3) is 2.27. The van der Waals surface area contributed by atoms with Gasteiger partial charge in [-0.1, -0.05) is 6.92 Å². The van der Waals surface area contributed by atoms with Crippen molar-refractivity contribution in [1.82, 2.24) is 4.98 Å². The van der Waals surface area contributed by atoms with E-state index in [1.54, 1.807) is 6.20 Å². The largest absolute Gasteiger partial charge is 0.370 e. The first-order valence-corrected chi connectivity index (χ1v) is 5.39. The van der Waals surface area contributed by atoms with Crippen LogP contribution in [0.25, 0.3) is 0 Å². The Morgan fingerprint density at radius 1 is 1.40 bits per heavy atom. The van der Waals surface area contributed by atoms with E-state index in [2.05, 4.69) is 22.9 Å². The van der Waals surface area contributed by atoms with Crippen LogP contribution in [0.4, 0.5) is 5.69 Å². The minimum absolute atomic E-state index is 0.645. The second-order valence-corrected chi connectivity index (χ2v) is 4.21. The van der Waals surface area contributed by atoms with Crippen molar-refractivity contribution in [2.75, 3.05) is 18.0 Å². The highest BCUT2D eigenvalue weighted by Gasteiger charge is 2.16. The molecule has 0 amide bonds. The smallest absolute Gasteiger partial charge is 0.101 e. The Morgan fingerprint density at radius 3 is 2.80 bits per heavy atom. The first-order valence-electron chi connectivity index (χ1n) is 5.39. The van der Waals surface area contributed by atoms with Gasteiger partial charge in [-0.15, -0.1) is 0 Å². The summed E-state index contributed by atoms with van der Waals surface area (Å²) in [6, 6.07) is 4.05. The van der Waals surface area contributed by atoms with Gasteiger partial charge in [-0.25, -0.2) is 0 Å². The Kier molecular flexibility index (Phi) is 2.86. The molecule has 0 radical (unpaired) electrons. The summed E-state index contributed by atoms with van der Waals surface area (Å²) in [5.74, 6) is 0.827. The molecule has 0 bridgehead atoms. The van der Waals surface area contributed by atoms with Crippen LogP contribution >= 0.6 is 0 Å². The number of nitrogens with zero attached hydrogens (tertiary/aromatic N) is 3. The minimum Gasteiger partial charge on any atom is -0.370 e. The molecule has 2 rings (SSSR count). The number of hydrogen-bond donors (Lipinski definition) is 0. The van der Waals surface area contributed by atoms with Crippen LogP contribution in [-0.4, -0.2) is 18.1 Å². The molecule has 0 saturated carbocycles. The molecule has 1 saturated heterocycles. The second-order valence-electron chi connectivity index (χ2n) is 4.21. The zero-order valence-electron chi connectivity index (χ0n) is 8.98. The SMILES string of the molecule is CC1CCN(c2cncc(C#N)c2)CC1. The first-order chi connectivity index (χ1) is 7.29. The van der Waals surface area contributed by atoms with E-state index >= 15 is 0 Å². The Hall–Kier alpha value is -1.56. The molecule has 0 atom stereocenters. The molecule has 78 valence electrons. The predicted octanol–water partition coefficient (Wildman–Crippen LogP) is 2.19. The number of anilines is 1. The van der Waals surface area contributed by atoms with E-state index in [4.69, 9.17) is 5.26 Å². The van der Waals surface area contributed by atoms with Gasteiger partial charge in [0.15, 0.2) is 0 Å². The molecule has 0 aliphatic carbocycles. The van der Waals surface area contributed by atoms with E-state index in [-0.39, 0.29) is 0 Å². The molecule has 0 spiro atoms. The Morgan fingerprint density at radius 2 is 2.13 bits per heavy atom. The van der Waals surface area contributed by atoms with Crippen LogP contribution in [0.1, 0.15) is 25.3 Å². The van der Waals surface area contributed by atoms with Crippen LogP contribution in [0.15, 0.2) is 18.5 Å². The average Bonchev–Trinajstić information content (AvgIpc) is 2.30. The van der Waals surface area contributed by atoms with E-state index in [9.17, 15) is 0 Å². The van der Waals surface area contributed by atoms with Gasteiger partial charge in [-0.05, 0) is 24.8 Å². The summed E-state index contributed by atoms with van der Waals surface area (Å²) < 4.78 is 0. The van der Waals surface area contributed by atoms with Crippen LogP contribution in [0, 0.1) is 17.2 Å². The van der Waals surface area contributed by atoms with Gasteiger partial charge in [0.25, 0.3) is 0 Å². The third-order valence-corrected chi connectivity index (χ3v) is 3.00. The molecule has 3 nitrogen and oxygen atoms in total. The first kappa shape index (κ1) is 9.97. The van der Waals surface area contributed by atoms with Gasteiger partial charge in [0.2, 0.25) is 0 Å². The Labute approximate surface area is 90.4 Å². The fraction of sp³-hybridized carbons (Fsp3) is 0.500. The number of rotatable bonds is 1. The van der Waals surface area contributed by atoms with Gasteiger partial charge in [-0.3, -0.25) is 4.98 Å². The summed E-state index contributed by atoms with van der Waals surface area (Å²) in [4.78, 5) is 6.40. The number of hydrogen-bond acceptors (Lipinski definition) is 3. The number of piperidine rings is 1. The molecule has 1 aromatic rings. The lowest BCUT2D eigenvalue weighted by atomic mass is 9.99. The minimum atomic E-state index is 0.645. The van der Waals surface area contributed by atoms with Gasteiger partial charge in [0, 0.05) is 19.3 Å². The van der Waals surface area contributed by atoms with Gasteiger partial charge in [-0.2, -0.15) is 5.26 Å². The standard InChI is InChI=1S/C12H15N3/c1-10-2-4-15(5-3-10)12-6-11(7-13)8-14-9-12/h6,8-10H,2-5H2,1H3. The fourth-order valence-corrected chi connectivity index (χ4v) is 1.93. The van der Waals surface area contributed by atoms with Crippen LogP contribution in [-0.2, 0) is 0 Å². The zero-order chi connectivity index (χ0) is 10.7. The molecule has 0 unspecified atom stereocenters. The lowest BCUT2D eigenvalue weighted by Gasteiger charge is -2.31. The van der Waals surface area contributed by atoms with E-state index in [0.29, 0.717) is 5.56 Å². The molecule has 1 fully saturated rings. The van der Waals surface area contributed by atoms with E-state index < -0.39 is 0 Å². The summed E-state index contributed by atoms with van der Waals surface area (Å²) >= 11 is 0. The quantitative estimate of drug-likeness (QED) is 0.699. The van der Waals surface area contributed by atoms with Crippen molar-refractivity contribution in [3.8, 4) is 6.07 Å². The van der Waals surface area contributed by atoms with Gasteiger partial charge < -0.3 is 4.90 Å². The summed E-state index contributed by atoms with van der Waals surface area (Å²) in [7, 11) is 0. The highest BCUT2D eigenvalue weighted by atomic mass is 15.1. The topological polar surface area (TPSA) is 39.9 Å². The van der Waals surface area contributed by atoms with Crippen molar-refractivity contribution in [3.63, 3.8) is 0 Å². The van der Waals surface area contributed by atoms with E-state index in [1.807, 2.05) is 12.3 Å². The fourth-order valence-electron chi connectivity index (χ4n) is 1.93. The highest BCUT2D eigenvalue weighted by Crippen LogP contribution is 2.22. The molecule has 1 aliphatic heterocycles. The number of pyridine rings is 1. The average molecular weight is 201 g/mol. The maximum absolute atomic E-state index is 8.79. The van der Waals surface area contributed by atoms with Crippen molar-refractivity contribution >= 4 is 5.69 Å². The molecule has 15 heavy (non-hydrogen) atoms. The lowest BCUT2D eigenvalue weighted by Crippen LogP contribution is -2.32. The van der Waals surface area contributed by atoms with Crippen LogP contribution in [0.5, 0.6) is 0 Å². The molecule has 3 heteroatoms. The molecular formula is C12H15N3. The molecule has 1 aromatic heterocycles. The van der Waals surface area contributed by atoms with Crippen molar-refractivity contribution in [1.29, 1.82) is 5.26 Å². The van der Waals surface area contributed by atoms with Crippen molar-refractivity contribution in [2.45, 2.75) is 19.8 Å². The van der Waals surface area contributed by atoms with Crippen molar-refractivity contribution < 1.29 is 0 Å². The van der Waals surface area contributed by atoms with Crippen LogP contribution in [0.3, 0.4) is 0 Å². The maximum atomic E-state index is 8.79. The van der Waals surface area contributed by atoms with Gasteiger partial charge in [0.05, 0.1) is 17.4 Å². The van der Waals surface area contributed by atoms with Gasteiger partial charge in [0.1, 0.15) is 6.07 Å². The summed E-state index contributed by atoms with van der Waals surface area (Å²) in [6.45, 7) is 4.46. The van der Waals surface area contributed by atoms with Crippen molar-refractivity contribution in [3.05, 3.63) is 24.0 Å². The van der Waals surface area contributed by atoms with Crippen LogP contribution in [0.2, 0.25) is 0 Å². The van der Waals surface area contributed by atoms with Gasteiger partial charge >= 0.3 is 0 Å². The summed E-state index contributed by atoms with van der Waals surface area (Å²) in [5.41, 5.74) is 1.73. The van der Waals surface area contributed by atoms with E-state index in [1.165, 1.54) is 12.8 Å². The lowest BCUT2D eigenvalue weighted by molar-refractivity contribution is 0.438. The van der Waals surface area contributed by atoms with E-state index in [0.717, 1.165) is 24.7 Å². The number of aromatic nitrogens is 1. The summed E-state index contributed by atoms with van der Waals surface area (Å²) in [6.07, 6.45) is 5.92. The monoisotopic (exact) mass is 201 g/mol. The predicted molar refractivity (Wildman–Crippen MR) is 59.6 cm³/mol. The molecule has 0 aromatic carbocycles. The van der Waals surface area contributed by atoms with Crippen molar-refractivity contribution in [2.24, 2.45) is 5.92 Å². The maximum Gasteiger partial charge on any atom is 0.101 e. The molecular weight excluding hydrogens is 186 g/mol. The zero-order valence-corrected chi connectivity index (χ0v) is 8.98. The Bertz CT molecular complexity index is 373. The molecule has 0 N–H and O–H groups in total. The number of nitriles is 1.